The summed E-state index contributed by atoms with van der Waals surface area (Å²) in [6.45, 7) is 0.974. The van der Waals surface area contributed by atoms with Crippen molar-refractivity contribution in [1.29, 1.82) is 0 Å². The average molecular weight is 291 g/mol. The molecule has 2 heterocycles. The highest BCUT2D eigenvalue weighted by atomic mass is 16.7. The lowest BCUT2D eigenvalue weighted by Gasteiger charge is -2.00. The first-order valence-corrected chi connectivity index (χ1v) is 6.28. The number of rotatable bonds is 5. The third kappa shape index (κ3) is 2.79. The lowest BCUT2D eigenvalue weighted by Crippen LogP contribution is -2.27. The molecule has 0 saturated heterocycles. The summed E-state index contributed by atoms with van der Waals surface area (Å²) in [4.78, 5) is 11.7. The van der Waals surface area contributed by atoms with Crippen LogP contribution in [-0.4, -0.2) is 43.2 Å². The summed E-state index contributed by atoms with van der Waals surface area (Å²) in [5.74, 6) is 0.975. The van der Waals surface area contributed by atoms with Crippen molar-refractivity contribution in [2.24, 2.45) is 0 Å². The van der Waals surface area contributed by atoms with Gasteiger partial charge in [-0.15, -0.1) is 10.2 Å². The first-order valence-electron chi connectivity index (χ1n) is 6.28. The summed E-state index contributed by atoms with van der Waals surface area (Å²) in [7, 11) is 1.55. The van der Waals surface area contributed by atoms with Crippen molar-refractivity contribution in [3.63, 3.8) is 0 Å². The molecule has 1 amide bonds. The number of fused-ring (bicyclic) bond motifs is 1. The third-order valence-corrected chi connectivity index (χ3v) is 2.83. The highest BCUT2D eigenvalue weighted by Crippen LogP contribution is 2.35. The monoisotopic (exact) mass is 291 g/mol. The van der Waals surface area contributed by atoms with Crippen LogP contribution in [0.4, 0.5) is 0 Å². The maximum absolute atomic E-state index is 11.7. The van der Waals surface area contributed by atoms with E-state index >= 15 is 0 Å². The largest absolute Gasteiger partial charge is 0.454 e. The molecule has 0 atom stereocenters. The van der Waals surface area contributed by atoms with Gasteiger partial charge in [0.2, 0.25) is 12.7 Å². The van der Waals surface area contributed by atoms with E-state index in [1.54, 1.807) is 25.3 Å². The maximum atomic E-state index is 11.7. The second kappa shape index (κ2) is 5.80. The van der Waals surface area contributed by atoms with Gasteiger partial charge in [-0.05, 0) is 18.2 Å². The summed E-state index contributed by atoms with van der Waals surface area (Å²) in [5, 5.41) is 10.2. The summed E-state index contributed by atoms with van der Waals surface area (Å²) in [5.41, 5.74) is 0.655. The van der Waals surface area contributed by atoms with Gasteiger partial charge in [0.05, 0.1) is 6.61 Å². The minimum absolute atomic E-state index is 0.0984. The minimum Gasteiger partial charge on any atom is -0.454 e. The van der Waals surface area contributed by atoms with Crippen molar-refractivity contribution in [3.8, 4) is 23.0 Å². The Balaban J connectivity index is 1.74. The molecule has 110 valence electrons. The lowest BCUT2D eigenvalue weighted by molar-refractivity contribution is 0.0903. The van der Waals surface area contributed by atoms with Crippen LogP contribution < -0.4 is 14.8 Å². The molecule has 8 heteroatoms. The van der Waals surface area contributed by atoms with Gasteiger partial charge in [0.15, 0.2) is 11.5 Å². The summed E-state index contributed by atoms with van der Waals surface area (Å²) in [6.07, 6.45) is 0. The molecule has 1 aliphatic rings. The molecule has 0 aliphatic carbocycles. The molecule has 0 radical (unpaired) electrons. The Bertz CT molecular complexity index is 655. The number of ether oxygens (including phenoxy) is 3. The van der Waals surface area contributed by atoms with Gasteiger partial charge in [-0.2, -0.15) is 0 Å². The Hall–Kier alpha value is -2.61. The van der Waals surface area contributed by atoms with Crippen molar-refractivity contribution in [1.82, 2.24) is 15.5 Å². The molecule has 1 aromatic heterocycles. The van der Waals surface area contributed by atoms with E-state index in [0.717, 1.165) is 0 Å². The van der Waals surface area contributed by atoms with E-state index in [2.05, 4.69) is 15.5 Å². The first-order chi connectivity index (χ1) is 10.3. The number of nitrogens with one attached hydrogen (secondary N) is 1. The van der Waals surface area contributed by atoms with Gasteiger partial charge < -0.3 is 23.9 Å². The van der Waals surface area contributed by atoms with E-state index in [1.807, 2.05) is 0 Å². The van der Waals surface area contributed by atoms with Crippen molar-refractivity contribution in [2.45, 2.75) is 0 Å². The zero-order chi connectivity index (χ0) is 14.7. The van der Waals surface area contributed by atoms with Crippen LogP contribution in [0.15, 0.2) is 22.6 Å². The second-order valence-electron chi connectivity index (χ2n) is 4.23. The van der Waals surface area contributed by atoms with Crippen LogP contribution in [0.3, 0.4) is 0 Å². The van der Waals surface area contributed by atoms with Gasteiger partial charge >= 0.3 is 11.8 Å². The van der Waals surface area contributed by atoms with E-state index < -0.39 is 5.91 Å². The molecule has 1 aliphatic heterocycles. The number of carbonyl (C=O) groups is 1. The van der Waals surface area contributed by atoms with Crippen LogP contribution >= 0.6 is 0 Å². The Labute approximate surface area is 120 Å². The predicted octanol–water partition coefficient (Wildman–Crippen LogP) is 0.841. The highest BCUT2D eigenvalue weighted by Gasteiger charge is 2.18. The fraction of sp³-hybridized carbons (Fsp3) is 0.308. The molecule has 3 rings (SSSR count). The van der Waals surface area contributed by atoms with Crippen molar-refractivity contribution in [3.05, 3.63) is 24.1 Å². The Morgan fingerprint density at radius 2 is 2.19 bits per heavy atom. The molecule has 0 unspecified atom stereocenters. The maximum Gasteiger partial charge on any atom is 0.308 e. The number of nitrogens with zero attached hydrogens (tertiary/aromatic N) is 2. The van der Waals surface area contributed by atoms with Crippen LogP contribution in [0.5, 0.6) is 11.5 Å². The van der Waals surface area contributed by atoms with Crippen LogP contribution in [0, 0.1) is 0 Å². The van der Waals surface area contributed by atoms with Gasteiger partial charge in [-0.25, -0.2) is 0 Å². The number of benzene rings is 1. The number of carbonyl (C=O) groups excluding carboxylic acids is 1. The number of hydrogen-bond donors (Lipinski definition) is 1. The highest BCUT2D eigenvalue weighted by molar-refractivity contribution is 5.89. The quantitative estimate of drug-likeness (QED) is 0.815. The Kier molecular flexibility index (Phi) is 3.69. The van der Waals surface area contributed by atoms with Crippen molar-refractivity contribution >= 4 is 5.91 Å². The van der Waals surface area contributed by atoms with E-state index in [0.29, 0.717) is 30.2 Å². The van der Waals surface area contributed by atoms with E-state index in [9.17, 15) is 4.79 Å². The zero-order valence-electron chi connectivity index (χ0n) is 11.3. The molecular weight excluding hydrogens is 278 g/mol. The lowest BCUT2D eigenvalue weighted by atomic mass is 10.2. The van der Waals surface area contributed by atoms with Crippen LogP contribution in [0.25, 0.3) is 11.5 Å². The number of methoxy groups -OCH3 is 1. The van der Waals surface area contributed by atoms with Gasteiger partial charge in [-0.1, -0.05) is 0 Å². The van der Waals surface area contributed by atoms with Gasteiger partial charge in [0.1, 0.15) is 0 Å². The smallest absolute Gasteiger partial charge is 0.308 e. The fourth-order valence-electron chi connectivity index (χ4n) is 1.80. The fourth-order valence-corrected chi connectivity index (χ4v) is 1.80. The molecule has 1 N–H and O–H groups in total. The Morgan fingerprint density at radius 3 is 3.05 bits per heavy atom. The zero-order valence-corrected chi connectivity index (χ0v) is 11.3. The molecule has 1 aromatic carbocycles. The third-order valence-electron chi connectivity index (χ3n) is 2.83. The summed E-state index contributed by atoms with van der Waals surface area (Å²) >= 11 is 0. The van der Waals surface area contributed by atoms with Gasteiger partial charge in [0.25, 0.3) is 0 Å². The van der Waals surface area contributed by atoms with Crippen LogP contribution in [0.2, 0.25) is 0 Å². The summed E-state index contributed by atoms with van der Waals surface area (Å²) < 4.78 is 20.7. The Morgan fingerprint density at radius 1 is 1.33 bits per heavy atom. The van der Waals surface area contributed by atoms with Crippen LogP contribution in [0.1, 0.15) is 10.7 Å². The predicted molar refractivity (Wildman–Crippen MR) is 70.1 cm³/mol. The van der Waals surface area contributed by atoms with Gasteiger partial charge in [-0.3, -0.25) is 4.79 Å². The van der Waals surface area contributed by atoms with Gasteiger partial charge in [0, 0.05) is 19.2 Å². The molecular formula is C13H13N3O5. The second-order valence-corrected chi connectivity index (χ2v) is 4.23. The molecule has 0 bridgehead atoms. The SMILES string of the molecule is COCCNC(=O)c1nnc(-c2ccc3c(c2)OCO3)o1. The van der Waals surface area contributed by atoms with E-state index in [1.165, 1.54) is 0 Å². The summed E-state index contributed by atoms with van der Waals surface area (Å²) in [6, 6.07) is 5.23. The minimum atomic E-state index is -0.438. The number of aromatic nitrogens is 2. The first kappa shape index (κ1) is 13.4. The topological polar surface area (TPSA) is 95.7 Å². The normalized spacial score (nSPS) is 12.4. The molecule has 0 saturated carbocycles. The van der Waals surface area contributed by atoms with Crippen molar-refractivity contribution in [2.75, 3.05) is 27.1 Å². The molecule has 21 heavy (non-hydrogen) atoms. The molecule has 8 nitrogen and oxygen atoms in total. The standard InChI is InChI=1S/C13H13N3O5/c1-18-5-4-14-11(17)13-16-15-12(21-13)8-2-3-9-10(6-8)20-7-19-9/h2-3,6H,4-5,7H2,1H3,(H,14,17). The number of amides is 1. The molecule has 0 fully saturated rings. The van der Waals surface area contributed by atoms with Crippen molar-refractivity contribution < 1.29 is 23.4 Å². The molecule has 2 aromatic rings. The average Bonchev–Trinajstić information content (AvgIpc) is 3.15. The van der Waals surface area contributed by atoms with Crippen LogP contribution in [-0.2, 0) is 4.74 Å². The van der Waals surface area contributed by atoms with E-state index in [-0.39, 0.29) is 18.6 Å². The van der Waals surface area contributed by atoms with E-state index in [4.69, 9.17) is 18.6 Å². The number of hydrogen-bond acceptors (Lipinski definition) is 7. The molecule has 0 spiro atoms.